The summed E-state index contributed by atoms with van der Waals surface area (Å²) in [7, 11) is 0. The Morgan fingerprint density at radius 3 is 0.949 bits per heavy atom. The first-order valence-electron chi connectivity index (χ1n) is 9.28. The van der Waals surface area contributed by atoms with Crippen molar-refractivity contribution in [2.45, 2.75) is 50.7 Å². The van der Waals surface area contributed by atoms with Gasteiger partial charge in [0.05, 0.1) is 0 Å². The van der Waals surface area contributed by atoms with Gasteiger partial charge in [-0.2, -0.15) is 0 Å². The molecule has 0 aliphatic rings. The molecule has 0 aliphatic heterocycles. The van der Waals surface area contributed by atoms with Crippen LogP contribution in [0.5, 0.6) is 0 Å². The molecule has 1 aromatic rings. The molecule has 0 spiro atoms. The monoisotopic (exact) mass is 958 g/mol. The molecular weight excluding hydrogens is 961 g/mol. The standard InChI is InChI=1S/C18H8Cl21/c1-2-3-7-8(11(21,22)14(27,28)17(34,35)36)4-6(10(19,20)13(25,26)16(31,32)33)5-9(7)12(23,24)15(29,30)18(37,38)39/h3-5H,2H2,1H3. The second-order valence-electron chi connectivity index (χ2n) is 7.54. The van der Waals surface area contributed by atoms with Gasteiger partial charge in [0.2, 0.25) is 24.4 Å². The van der Waals surface area contributed by atoms with Crippen LogP contribution in [0, 0.1) is 6.42 Å². The van der Waals surface area contributed by atoms with Crippen LogP contribution in [0.1, 0.15) is 35.6 Å². The van der Waals surface area contributed by atoms with E-state index in [0.717, 1.165) is 12.1 Å². The average Bonchev–Trinajstić information content (AvgIpc) is 2.70. The van der Waals surface area contributed by atoms with E-state index in [0.29, 0.717) is 0 Å². The molecule has 1 rings (SSSR count). The van der Waals surface area contributed by atoms with Crippen molar-refractivity contribution in [2.24, 2.45) is 0 Å². The fourth-order valence-electron chi connectivity index (χ4n) is 2.83. The molecule has 0 unspecified atom stereocenters. The summed E-state index contributed by atoms with van der Waals surface area (Å²) in [5.74, 6) is 0. The highest BCUT2D eigenvalue weighted by Gasteiger charge is 2.66. The first-order chi connectivity index (χ1) is 16.8. The van der Waals surface area contributed by atoms with Gasteiger partial charge in [0, 0.05) is 0 Å². The lowest BCUT2D eigenvalue weighted by Gasteiger charge is -2.44. The molecule has 0 atom stereocenters. The fraction of sp³-hybridized carbons (Fsp3) is 0.611. The van der Waals surface area contributed by atoms with Gasteiger partial charge in [0.1, 0.15) is 0 Å². The van der Waals surface area contributed by atoms with Gasteiger partial charge in [-0.1, -0.05) is 251 Å². The Bertz CT molecular complexity index is 977. The maximum atomic E-state index is 6.70. The summed E-state index contributed by atoms with van der Waals surface area (Å²) in [6, 6.07) is 2.22. The van der Waals surface area contributed by atoms with E-state index in [-0.39, 0.29) is 28.7 Å². The third kappa shape index (κ3) is 7.97. The van der Waals surface area contributed by atoms with Crippen LogP contribution in [0.3, 0.4) is 0 Å². The lowest BCUT2D eigenvalue weighted by atomic mass is 9.87. The van der Waals surface area contributed by atoms with Crippen molar-refractivity contribution in [1.82, 2.24) is 0 Å². The zero-order valence-corrected chi connectivity index (χ0v) is 33.8. The van der Waals surface area contributed by atoms with Crippen LogP contribution < -0.4 is 0 Å². The Hall–Kier alpha value is 5.31. The van der Waals surface area contributed by atoms with Gasteiger partial charge in [-0.3, -0.25) is 0 Å². The van der Waals surface area contributed by atoms with Crippen molar-refractivity contribution >= 4 is 244 Å². The van der Waals surface area contributed by atoms with Crippen LogP contribution in [0.15, 0.2) is 12.1 Å². The number of hydrogen-bond acceptors (Lipinski definition) is 0. The molecule has 21 heteroatoms. The molecule has 0 aliphatic carbocycles. The van der Waals surface area contributed by atoms with E-state index in [1.807, 2.05) is 0 Å². The predicted octanol–water partition coefficient (Wildman–Crippen LogP) is 15.2. The summed E-state index contributed by atoms with van der Waals surface area (Å²) in [6.45, 7) is 1.70. The van der Waals surface area contributed by atoms with Gasteiger partial charge in [0.25, 0.3) is 0 Å². The van der Waals surface area contributed by atoms with Crippen LogP contribution in [0.4, 0.5) is 0 Å². The zero-order chi connectivity index (χ0) is 31.6. The van der Waals surface area contributed by atoms with Crippen molar-refractivity contribution in [1.29, 1.82) is 0 Å². The van der Waals surface area contributed by atoms with Gasteiger partial charge < -0.3 is 0 Å². The molecule has 0 saturated carbocycles. The summed E-state index contributed by atoms with van der Waals surface area (Å²) in [6.07, 6.45) is 1.73. The first-order valence-corrected chi connectivity index (χ1v) is 17.2. The Morgan fingerprint density at radius 2 is 0.718 bits per heavy atom. The third-order valence-electron chi connectivity index (χ3n) is 4.88. The van der Waals surface area contributed by atoms with Crippen molar-refractivity contribution in [3.8, 4) is 0 Å². The Morgan fingerprint density at radius 1 is 0.462 bits per heavy atom. The number of benzene rings is 1. The largest absolute Gasteiger partial charge is 0.226 e. The normalized spacial score (nSPS) is 15.6. The lowest BCUT2D eigenvalue weighted by molar-refractivity contribution is 0.658. The minimum Gasteiger partial charge on any atom is -0.0930 e. The van der Waals surface area contributed by atoms with E-state index in [2.05, 4.69) is 0 Å². The highest BCUT2D eigenvalue weighted by atomic mass is 35.6. The number of hydrogen-bond donors (Lipinski definition) is 0. The van der Waals surface area contributed by atoms with E-state index in [9.17, 15) is 0 Å². The van der Waals surface area contributed by atoms with Gasteiger partial charge in [-0.05, 0) is 47.2 Å². The van der Waals surface area contributed by atoms with E-state index < -0.39 is 37.4 Å². The molecule has 39 heavy (non-hydrogen) atoms. The molecule has 1 radical (unpaired) electrons. The van der Waals surface area contributed by atoms with Gasteiger partial charge in [0.15, 0.2) is 13.0 Å². The summed E-state index contributed by atoms with van der Waals surface area (Å²) in [5, 5.41) is 0. The fourth-order valence-corrected chi connectivity index (χ4v) is 7.30. The molecule has 0 aromatic heterocycles. The van der Waals surface area contributed by atoms with Crippen molar-refractivity contribution in [3.05, 3.63) is 40.8 Å². The molecule has 0 saturated heterocycles. The highest BCUT2D eigenvalue weighted by Crippen LogP contribution is 2.67. The summed E-state index contributed by atoms with van der Waals surface area (Å²) in [5.41, 5.74) is -0.966. The van der Waals surface area contributed by atoms with E-state index in [1.54, 1.807) is 6.92 Å². The van der Waals surface area contributed by atoms with Gasteiger partial charge >= 0.3 is 0 Å². The van der Waals surface area contributed by atoms with Crippen molar-refractivity contribution in [2.75, 3.05) is 0 Å². The van der Waals surface area contributed by atoms with E-state index >= 15 is 0 Å². The first kappa shape index (κ1) is 42.3. The second-order valence-corrected chi connectivity index (χ2v) is 22.3. The Labute approximate surface area is 330 Å². The molecule has 0 heterocycles. The summed E-state index contributed by atoms with van der Waals surface area (Å²) >= 11 is 132. The number of rotatable bonds is 8. The molecule has 1 aromatic carbocycles. The molecule has 0 nitrogen and oxygen atoms in total. The average molecular weight is 969 g/mol. The maximum absolute atomic E-state index is 6.70. The highest BCUT2D eigenvalue weighted by molar-refractivity contribution is 6.80. The maximum Gasteiger partial charge on any atom is 0.226 e. The van der Waals surface area contributed by atoms with Crippen molar-refractivity contribution in [3.63, 3.8) is 0 Å². The minimum atomic E-state index is -2.62. The summed E-state index contributed by atoms with van der Waals surface area (Å²) in [4.78, 5) is 0. The second kappa shape index (κ2) is 13.7. The smallest absolute Gasteiger partial charge is 0.0930 e. The number of halogens is 21. The van der Waals surface area contributed by atoms with E-state index in [4.69, 9.17) is 244 Å². The number of alkyl halides is 21. The molecule has 0 bridgehead atoms. The van der Waals surface area contributed by atoms with Crippen LogP contribution >= 0.6 is 244 Å². The summed E-state index contributed by atoms with van der Waals surface area (Å²) < 4.78 is -23.1. The quantitative estimate of drug-likeness (QED) is 0.228. The molecule has 0 amide bonds. The topological polar surface area (TPSA) is 0 Å². The van der Waals surface area contributed by atoms with Crippen LogP contribution in [0.2, 0.25) is 0 Å². The van der Waals surface area contributed by atoms with Gasteiger partial charge in [-0.25, -0.2) is 0 Å². The molecular formula is C18H8Cl21. The van der Waals surface area contributed by atoms with Crippen LogP contribution in [-0.4, -0.2) is 24.4 Å². The van der Waals surface area contributed by atoms with Crippen molar-refractivity contribution < 1.29 is 0 Å². The minimum absolute atomic E-state index is 0.0381. The third-order valence-corrected chi connectivity index (χ3v) is 16.7. The zero-order valence-electron chi connectivity index (χ0n) is 17.9. The SMILES string of the molecule is CC[CH]c1c(C(Cl)(Cl)C(Cl)(Cl)C(Cl)(Cl)Cl)cc(C(Cl)(Cl)C(Cl)(Cl)C(Cl)(Cl)Cl)cc1C(Cl)(Cl)C(Cl)(Cl)C(Cl)(Cl)Cl. The van der Waals surface area contributed by atoms with Gasteiger partial charge in [-0.15, -0.1) is 0 Å². The molecule has 0 N–H and O–H groups in total. The van der Waals surface area contributed by atoms with Crippen LogP contribution in [0.25, 0.3) is 0 Å². The van der Waals surface area contributed by atoms with E-state index in [1.165, 1.54) is 6.42 Å². The lowest BCUT2D eigenvalue weighted by Crippen LogP contribution is -2.48. The predicted molar refractivity (Wildman–Crippen MR) is 184 cm³/mol. The Kier molecular flexibility index (Phi) is 14.8. The Balaban J connectivity index is 4.51. The molecule has 227 valence electrons. The molecule has 0 fully saturated rings. The van der Waals surface area contributed by atoms with Crippen LogP contribution in [-0.2, 0) is 13.0 Å².